The lowest BCUT2D eigenvalue weighted by Gasteiger charge is -2.00. The normalized spacial score (nSPS) is 9.46. The van der Waals surface area contributed by atoms with Crippen LogP contribution < -0.4 is 5.73 Å². The van der Waals surface area contributed by atoms with Crippen LogP contribution in [0.25, 0.3) is 10.4 Å². The number of azide groups is 1. The van der Waals surface area contributed by atoms with Gasteiger partial charge in [0.25, 0.3) is 5.95 Å². The van der Waals surface area contributed by atoms with E-state index in [-0.39, 0.29) is 0 Å². The van der Waals surface area contributed by atoms with Gasteiger partial charge in [-0.3, -0.25) is 0 Å². The molecule has 0 aliphatic heterocycles. The molecule has 0 saturated heterocycles. The Balaban J connectivity index is 3.49. The van der Waals surface area contributed by atoms with Crippen molar-refractivity contribution in [3.05, 3.63) is 28.0 Å². The number of nitrogens with two attached hydrogens (primary N) is 1. The van der Waals surface area contributed by atoms with Crippen molar-refractivity contribution < 1.29 is 13.2 Å². The van der Waals surface area contributed by atoms with Crippen LogP contribution in [0.2, 0.25) is 0 Å². The number of anilines is 1. The molecule has 0 bridgehead atoms. The summed E-state index contributed by atoms with van der Waals surface area (Å²) in [6.07, 6.45) is 0. The van der Waals surface area contributed by atoms with Gasteiger partial charge in [0.2, 0.25) is 5.82 Å². The zero-order valence-electron chi connectivity index (χ0n) is 6.00. The Morgan fingerprint density at radius 1 is 1.31 bits per heavy atom. The molecule has 2 N–H and O–H groups in total. The number of hydrogen-bond acceptors (Lipinski definition) is 3. The van der Waals surface area contributed by atoms with E-state index >= 15 is 0 Å². The minimum Gasteiger partial charge on any atom is -0.394 e. The summed E-state index contributed by atoms with van der Waals surface area (Å²) in [7, 11) is 0. The first-order valence-corrected chi connectivity index (χ1v) is 2.93. The molecule has 1 aromatic rings. The summed E-state index contributed by atoms with van der Waals surface area (Å²) in [5.41, 5.74) is 11.6. The van der Waals surface area contributed by atoms with E-state index in [1.165, 1.54) is 0 Å². The summed E-state index contributed by atoms with van der Waals surface area (Å²) < 4.78 is 37.7. The maximum atomic E-state index is 12.8. The zero-order chi connectivity index (χ0) is 10.0. The summed E-state index contributed by atoms with van der Waals surface area (Å²) in [6.45, 7) is 0. The average Bonchev–Trinajstić information content (AvgIpc) is 2.11. The van der Waals surface area contributed by atoms with E-state index in [0.29, 0.717) is 0 Å². The molecule has 5 nitrogen and oxygen atoms in total. The Bertz CT molecular complexity index is 398. The molecule has 0 aliphatic carbocycles. The number of nitrogen functional groups attached to an aromatic ring is 1. The number of pyridine rings is 1. The van der Waals surface area contributed by atoms with E-state index in [0.717, 1.165) is 0 Å². The molecule has 8 heteroatoms. The molecule has 1 aromatic heterocycles. The Morgan fingerprint density at radius 2 is 1.92 bits per heavy atom. The van der Waals surface area contributed by atoms with E-state index in [4.69, 9.17) is 11.3 Å². The van der Waals surface area contributed by atoms with Crippen molar-refractivity contribution in [2.75, 3.05) is 5.73 Å². The molecule has 1 rings (SSSR count). The van der Waals surface area contributed by atoms with Crippen LogP contribution in [0.3, 0.4) is 0 Å². The number of halogens is 3. The molecule has 68 valence electrons. The third kappa shape index (κ3) is 1.47. The highest BCUT2D eigenvalue weighted by molar-refractivity contribution is 5.49. The monoisotopic (exact) mass is 189 g/mol. The van der Waals surface area contributed by atoms with Crippen LogP contribution >= 0.6 is 0 Å². The van der Waals surface area contributed by atoms with Gasteiger partial charge in [-0.05, 0) is 10.6 Å². The van der Waals surface area contributed by atoms with Gasteiger partial charge in [-0.15, -0.1) is 0 Å². The number of hydrogen-bond donors (Lipinski definition) is 1. The minimum absolute atomic E-state index is 0.918. The van der Waals surface area contributed by atoms with Gasteiger partial charge < -0.3 is 5.73 Å². The van der Waals surface area contributed by atoms with Crippen LogP contribution in [0.4, 0.5) is 24.7 Å². The lowest BCUT2D eigenvalue weighted by molar-refractivity contribution is 0.471. The maximum absolute atomic E-state index is 12.8. The molecule has 0 fully saturated rings. The molecular weight excluding hydrogens is 187 g/mol. The van der Waals surface area contributed by atoms with E-state index in [1.807, 2.05) is 0 Å². The second-order valence-electron chi connectivity index (χ2n) is 1.96. The number of rotatable bonds is 1. The summed E-state index contributed by atoms with van der Waals surface area (Å²) in [4.78, 5) is 4.86. The predicted octanol–water partition coefficient (Wildman–Crippen LogP) is 2.02. The third-order valence-corrected chi connectivity index (χ3v) is 1.19. The average molecular weight is 189 g/mol. The molecule has 0 saturated carbocycles. The van der Waals surface area contributed by atoms with E-state index in [1.54, 1.807) is 0 Å². The van der Waals surface area contributed by atoms with Crippen LogP contribution in [0, 0.1) is 17.6 Å². The fourth-order valence-electron chi connectivity index (χ4n) is 0.628. The molecule has 0 radical (unpaired) electrons. The van der Waals surface area contributed by atoms with Gasteiger partial charge in [-0.2, -0.15) is 8.78 Å². The lowest BCUT2D eigenvalue weighted by atomic mass is 10.3. The summed E-state index contributed by atoms with van der Waals surface area (Å²) in [5.74, 6) is -5.51. The first kappa shape index (κ1) is 9.14. The number of nitrogens with zero attached hydrogens (tertiary/aromatic N) is 4. The third-order valence-electron chi connectivity index (χ3n) is 1.19. The predicted molar refractivity (Wildman–Crippen MR) is 37.3 cm³/mol. The van der Waals surface area contributed by atoms with Crippen molar-refractivity contribution in [1.82, 2.24) is 4.98 Å². The number of aromatic nitrogens is 1. The summed E-state index contributed by atoms with van der Waals surface area (Å²) in [5, 5.41) is 2.68. The second kappa shape index (κ2) is 3.20. The molecule has 0 amide bonds. The molecule has 0 unspecified atom stereocenters. The highest BCUT2D eigenvalue weighted by Crippen LogP contribution is 2.24. The quantitative estimate of drug-likeness (QED) is 0.317. The largest absolute Gasteiger partial charge is 0.394 e. The van der Waals surface area contributed by atoms with E-state index in [9.17, 15) is 13.2 Å². The van der Waals surface area contributed by atoms with Crippen LogP contribution in [0.15, 0.2) is 5.11 Å². The van der Waals surface area contributed by atoms with E-state index in [2.05, 4.69) is 15.0 Å². The fourth-order valence-corrected chi connectivity index (χ4v) is 0.628. The first-order valence-electron chi connectivity index (χ1n) is 2.93. The van der Waals surface area contributed by atoms with Crippen molar-refractivity contribution >= 4 is 11.5 Å². The van der Waals surface area contributed by atoms with Crippen molar-refractivity contribution in [3.63, 3.8) is 0 Å². The highest BCUT2D eigenvalue weighted by Gasteiger charge is 2.16. The van der Waals surface area contributed by atoms with Gasteiger partial charge in [0.05, 0.1) is 0 Å². The first-order chi connectivity index (χ1) is 6.07. The Hall–Kier alpha value is -1.95. The summed E-state index contributed by atoms with van der Waals surface area (Å²) >= 11 is 0. The van der Waals surface area contributed by atoms with Crippen molar-refractivity contribution in [2.24, 2.45) is 5.11 Å². The molecule has 0 aliphatic rings. The lowest BCUT2D eigenvalue weighted by Crippen LogP contribution is -2.01. The van der Waals surface area contributed by atoms with Crippen molar-refractivity contribution in [3.8, 4) is 0 Å². The van der Waals surface area contributed by atoms with Crippen molar-refractivity contribution in [1.29, 1.82) is 0 Å². The molecule has 0 aromatic carbocycles. The van der Waals surface area contributed by atoms with Crippen LogP contribution in [0.1, 0.15) is 0 Å². The Labute approximate surface area is 69.6 Å². The molecule has 0 atom stereocenters. The SMILES string of the molecule is [N-]=[N+]=Nc1nc(F)c(F)c(N)c1F. The van der Waals surface area contributed by atoms with Crippen molar-refractivity contribution in [2.45, 2.75) is 0 Å². The minimum atomic E-state index is -1.61. The zero-order valence-corrected chi connectivity index (χ0v) is 6.00. The van der Waals surface area contributed by atoms with Gasteiger partial charge in [0.1, 0.15) is 5.69 Å². The van der Waals surface area contributed by atoms with Crippen LogP contribution in [-0.4, -0.2) is 4.98 Å². The highest BCUT2D eigenvalue weighted by atomic mass is 19.2. The molecule has 0 spiro atoms. The molecule has 1 heterocycles. The summed E-state index contributed by atoms with van der Waals surface area (Å²) in [6, 6.07) is 0. The maximum Gasteiger partial charge on any atom is 0.251 e. The second-order valence-corrected chi connectivity index (χ2v) is 1.96. The van der Waals surface area contributed by atoms with Gasteiger partial charge in [0, 0.05) is 4.91 Å². The molecular formula is C5H2F3N5. The molecule has 13 heavy (non-hydrogen) atoms. The fraction of sp³-hybridized carbons (Fsp3) is 0. The van der Waals surface area contributed by atoms with Gasteiger partial charge in [-0.25, -0.2) is 9.37 Å². The van der Waals surface area contributed by atoms with Gasteiger partial charge in [0.15, 0.2) is 11.6 Å². The van der Waals surface area contributed by atoms with E-state index < -0.39 is 29.1 Å². The van der Waals surface area contributed by atoms with Crippen LogP contribution in [-0.2, 0) is 0 Å². The Morgan fingerprint density at radius 3 is 2.46 bits per heavy atom. The Kier molecular flexibility index (Phi) is 2.25. The smallest absolute Gasteiger partial charge is 0.251 e. The van der Waals surface area contributed by atoms with Gasteiger partial charge >= 0.3 is 0 Å². The van der Waals surface area contributed by atoms with Crippen LogP contribution in [0.5, 0.6) is 0 Å². The topological polar surface area (TPSA) is 87.7 Å². The van der Waals surface area contributed by atoms with Gasteiger partial charge in [-0.1, -0.05) is 0 Å². The standard InChI is InChI=1S/C5H2F3N5/c6-1-3(9)2(7)5(12-13-10)11-4(1)8/h(H2,9,11).